The van der Waals surface area contributed by atoms with Gasteiger partial charge in [0.15, 0.2) is 5.78 Å². The average molecular weight is 286 g/mol. The zero-order valence-electron chi connectivity index (χ0n) is 10.2. The molecule has 2 rings (SSSR count). The molecule has 0 aromatic heterocycles. The third-order valence-corrected chi connectivity index (χ3v) is 2.66. The normalized spacial score (nSPS) is 15.2. The number of halogens is 3. The van der Waals surface area contributed by atoms with E-state index in [1.807, 2.05) is 5.43 Å². The lowest BCUT2D eigenvalue weighted by atomic mass is 9.98. The fraction of sp³-hybridized carbons (Fsp3) is 0.250. The number of ether oxygens (including phenoxy) is 1. The highest BCUT2D eigenvalue weighted by atomic mass is 19.4. The minimum absolute atomic E-state index is 0.127. The first-order valence-electron chi connectivity index (χ1n) is 5.51. The van der Waals surface area contributed by atoms with Crippen molar-refractivity contribution in [2.45, 2.75) is 13.1 Å². The van der Waals surface area contributed by atoms with Crippen LogP contribution in [-0.4, -0.2) is 24.2 Å². The van der Waals surface area contributed by atoms with Gasteiger partial charge in [0.25, 0.3) is 0 Å². The molecule has 1 aromatic carbocycles. The van der Waals surface area contributed by atoms with Crippen molar-refractivity contribution in [3.05, 3.63) is 34.9 Å². The second-order valence-corrected chi connectivity index (χ2v) is 4.06. The van der Waals surface area contributed by atoms with Gasteiger partial charge in [0, 0.05) is 11.1 Å². The van der Waals surface area contributed by atoms with Crippen molar-refractivity contribution in [2.24, 2.45) is 5.10 Å². The van der Waals surface area contributed by atoms with Gasteiger partial charge in [-0.2, -0.15) is 18.3 Å². The third-order valence-electron chi connectivity index (χ3n) is 2.66. The van der Waals surface area contributed by atoms with E-state index in [0.29, 0.717) is 0 Å². The first-order valence-corrected chi connectivity index (χ1v) is 5.51. The highest BCUT2D eigenvalue weighted by Crippen LogP contribution is 2.33. The smallest absolute Gasteiger partial charge is 0.428 e. The number of hydrazone groups is 1. The second-order valence-electron chi connectivity index (χ2n) is 4.06. The van der Waals surface area contributed by atoms with E-state index in [1.54, 1.807) is 0 Å². The number of alkyl halides is 3. The molecular formula is C12H9F3N2O3. The Hall–Kier alpha value is -2.38. The molecule has 0 spiro atoms. The molecule has 5 nitrogen and oxygen atoms in total. The van der Waals surface area contributed by atoms with Crippen LogP contribution in [0.15, 0.2) is 23.3 Å². The molecule has 0 bridgehead atoms. The largest absolute Gasteiger partial charge is 0.442 e. The van der Waals surface area contributed by atoms with Crippen LogP contribution < -0.4 is 5.43 Å². The standard InChI is InChI=1S/C12H9F3N2O3/c1-6(18)8-3-2-7(4-9(8)12(13,14)15)10-5-20-11(19)17-16-10/h2-4H,5H2,1H3,(H,17,19). The predicted octanol–water partition coefficient (Wildman–Crippen LogP) is 2.35. The van der Waals surface area contributed by atoms with Gasteiger partial charge in [0.2, 0.25) is 0 Å². The Morgan fingerprint density at radius 2 is 2.10 bits per heavy atom. The van der Waals surface area contributed by atoms with Crippen LogP contribution in [0.25, 0.3) is 0 Å². The van der Waals surface area contributed by atoms with Gasteiger partial charge in [-0.3, -0.25) is 4.79 Å². The quantitative estimate of drug-likeness (QED) is 0.848. The minimum Gasteiger partial charge on any atom is -0.442 e. The van der Waals surface area contributed by atoms with Crippen LogP contribution in [-0.2, 0) is 10.9 Å². The third kappa shape index (κ3) is 2.79. The Bertz CT molecular complexity index is 608. The molecule has 0 aliphatic carbocycles. The summed E-state index contributed by atoms with van der Waals surface area (Å²) in [5, 5.41) is 3.62. The fourth-order valence-electron chi connectivity index (χ4n) is 1.72. The number of carbonyl (C=O) groups excluding carboxylic acids is 2. The van der Waals surface area contributed by atoms with E-state index in [2.05, 4.69) is 9.84 Å². The molecule has 1 aliphatic heterocycles. The van der Waals surface area contributed by atoms with Crippen molar-refractivity contribution in [3.8, 4) is 0 Å². The molecule has 0 radical (unpaired) electrons. The molecule has 0 saturated carbocycles. The lowest BCUT2D eigenvalue weighted by Gasteiger charge is -2.16. The van der Waals surface area contributed by atoms with Crippen LogP contribution in [0.4, 0.5) is 18.0 Å². The molecule has 1 aliphatic rings. The van der Waals surface area contributed by atoms with Crippen LogP contribution in [0, 0.1) is 0 Å². The second kappa shape index (κ2) is 4.95. The molecule has 0 saturated heterocycles. The van der Waals surface area contributed by atoms with Gasteiger partial charge in [0.05, 0.1) is 5.56 Å². The summed E-state index contributed by atoms with van der Waals surface area (Å²) < 4.78 is 43.4. The van der Waals surface area contributed by atoms with E-state index < -0.39 is 29.2 Å². The first kappa shape index (κ1) is 14.0. The SMILES string of the molecule is CC(=O)c1ccc(C2=NNC(=O)OC2)cc1C(F)(F)F. The zero-order valence-corrected chi connectivity index (χ0v) is 10.2. The van der Waals surface area contributed by atoms with Gasteiger partial charge < -0.3 is 4.74 Å². The van der Waals surface area contributed by atoms with E-state index >= 15 is 0 Å². The van der Waals surface area contributed by atoms with Crippen molar-refractivity contribution in [1.29, 1.82) is 0 Å². The summed E-state index contributed by atoms with van der Waals surface area (Å²) in [6.07, 6.45) is -5.43. The van der Waals surface area contributed by atoms with E-state index in [-0.39, 0.29) is 17.9 Å². The lowest BCUT2D eigenvalue weighted by molar-refractivity contribution is -0.137. The summed E-state index contributed by atoms with van der Waals surface area (Å²) >= 11 is 0. The number of hydrogen-bond donors (Lipinski definition) is 1. The Kier molecular flexibility index (Phi) is 3.47. The van der Waals surface area contributed by atoms with Crippen LogP contribution in [0.1, 0.15) is 28.4 Å². The highest BCUT2D eigenvalue weighted by Gasteiger charge is 2.35. The number of cyclic esters (lactones) is 1. The van der Waals surface area contributed by atoms with Gasteiger partial charge in [-0.05, 0) is 13.0 Å². The molecule has 1 N–H and O–H groups in total. The first-order chi connectivity index (χ1) is 9.29. The number of hydrogen-bond acceptors (Lipinski definition) is 4. The van der Waals surface area contributed by atoms with E-state index in [1.165, 1.54) is 6.07 Å². The number of nitrogens with one attached hydrogen (secondary N) is 1. The Morgan fingerprint density at radius 1 is 1.40 bits per heavy atom. The minimum atomic E-state index is -4.66. The van der Waals surface area contributed by atoms with Crippen LogP contribution in [0.2, 0.25) is 0 Å². The molecule has 20 heavy (non-hydrogen) atoms. The van der Waals surface area contributed by atoms with Crippen molar-refractivity contribution < 1.29 is 27.5 Å². The monoisotopic (exact) mass is 286 g/mol. The summed E-state index contributed by atoms with van der Waals surface area (Å²) in [6, 6.07) is 3.22. The number of nitrogens with zero attached hydrogens (tertiary/aromatic N) is 1. The number of amides is 1. The predicted molar refractivity (Wildman–Crippen MR) is 62.5 cm³/mol. The Balaban J connectivity index is 2.48. The van der Waals surface area contributed by atoms with Gasteiger partial charge in [-0.1, -0.05) is 12.1 Å². The molecular weight excluding hydrogens is 277 g/mol. The fourth-order valence-corrected chi connectivity index (χ4v) is 1.72. The molecule has 106 valence electrons. The van der Waals surface area contributed by atoms with E-state index in [0.717, 1.165) is 19.1 Å². The highest BCUT2D eigenvalue weighted by molar-refractivity contribution is 6.05. The lowest BCUT2D eigenvalue weighted by Crippen LogP contribution is -2.31. The summed E-state index contributed by atoms with van der Waals surface area (Å²) in [7, 11) is 0. The molecule has 0 atom stereocenters. The summed E-state index contributed by atoms with van der Waals surface area (Å²) in [5.74, 6) is -0.681. The zero-order chi connectivity index (χ0) is 14.9. The molecule has 1 aromatic rings. The van der Waals surface area contributed by atoms with Crippen LogP contribution in [0.5, 0.6) is 0 Å². The number of rotatable bonds is 2. The molecule has 1 heterocycles. The number of Topliss-reactive ketones (excluding diaryl/α,β-unsaturated/α-hetero) is 1. The maximum Gasteiger partial charge on any atom is 0.428 e. The van der Waals surface area contributed by atoms with Crippen molar-refractivity contribution in [3.63, 3.8) is 0 Å². The van der Waals surface area contributed by atoms with Gasteiger partial charge in [-0.25, -0.2) is 10.2 Å². The number of carbonyl (C=O) groups is 2. The van der Waals surface area contributed by atoms with Gasteiger partial charge in [0.1, 0.15) is 12.3 Å². The van der Waals surface area contributed by atoms with Crippen LogP contribution >= 0.6 is 0 Å². The summed E-state index contributed by atoms with van der Waals surface area (Å²) in [4.78, 5) is 22.0. The van der Waals surface area contributed by atoms with Gasteiger partial charge >= 0.3 is 12.3 Å². The molecule has 0 fully saturated rings. The Morgan fingerprint density at radius 3 is 2.60 bits per heavy atom. The summed E-state index contributed by atoms with van der Waals surface area (Å²) in [6.45, 7) is 0.828. The van der Waals surface area contributed by atoms with Crippen molar-refractivity contribution in [2.75, 3.05) is 6.61 Å². The van der Waals surface area contributed by atoms with Crippen LogP contribution in [0.3, 0.4) is 0 Å². The number of benzene rings is 1. The maximum absolute atomic E-state index is 12.9. The van der Waals surface area contributed by atoms with E-state index in [4.69, 9.17) is 0 Å². The van der Waals surface area contributed by atoms with Crippen molar-refractivity contribution >= 4 is 17.6 Å². The topological polar surface area (TPSA) is 67.8 Å². The molecule has 8 heteroatoms. The van der Waals surface area contributed by atoms with Crippen molar-refractivity contribution in [1.82, 2.24) is 5.43 Å². The van der Waals surface area contributed by atoms with E-state index in [9.17, 15) is 22.8 Å². The number of ketones is 1. The Labute approximate surface area is 111 Å². The summed E-state index contributed by atoms with van der Waals surface area (Å²) in [5.41, 5.74) is 0.822. The average Bonchev–Trinajstić information content (AvgIpc) is 2.38. The van der Waals surface area contributed by atoms with Gasteiger partial charge in [-0.15, -0.1) is 0 Å². The maximum atomic E-state index is 12.9. The molecule has 0 unspecified atom stereocenters. The molecule has 1 amide bonds.